The van der Waals surface area contributed by atoms with Gasteiger partial charge in [-0.1, -0.05) is 13.8 Å². The molecule has 1 aromatic heterocycles. The highest BCUT2D eigenvalue weighted by molar-refractivity contribution is 5.26. The molecule has 1 N–H and O–H groups in total. The van der Waals surface area contributed by atoms with E-state index in [0.717, 1.165) is 19.5 Å². The van der Waals surface area contributed by atoms with Gasteiger partial charge in [0.15, 0.2) is 0 Å². The second-order valence-corrected chi connectivity index (χ2v) is 3.26. The zero-order valence-electron chi connectivity index (χ0n) is 9.02. The van der Waals surface area contributed by atoms with Crippen LogP contribution in [0.4, 0.5) is 0 Å². The highest BCUT2D eigenvalue weighted by Gasteiger charge is 2.16. The van der Waals surface area contributed by atoms with Crippen LogP contribution in [-0.2, 0) is 13.0 Å². The standard InChI is InChI=1S/C8H13N3.C2H6/c1-6-7-3-4-11(2)5-8(7)10-9-6;1-2/h3-5H2,1-2H3,(H,9,10);1-2H3. The molecule has 0 unspecified atom stereocenters. The van der Waals surface area contributed by atoms with Crippen LogP contribution >= 0.6 is 0 Å². The van der Waals surface area contributed by atoms with Crippen LogP contribution < -0.4 is 0 Å². The Balaban J connectivity index is 0.000000396. The molecule has 2 rings (SSSR count). The predicted octanol–water partition coefficient (Wildman–Crippen LogP) is 1.73. The lowest BCUT2D eigenvalue weighted by Gasteiger charge is -2.21. The number of nitrogens with one attached hydrogen (secondary N) is 1. The van der Waals surface area contributed by atoms with Crippen LogP contribution in [0.15, 0.2) is 0 Å². The third-order valence-corrected chi connectivity index (χ3v) is 2.32. The summed E-state index contributed by atoms with van der Waals surface area (Å²) >= 11 is 0. The summed E-state index contributed by atoms with van der Waals surface area (Å²) in [6.07, 6.45) is 1.15. The van der Waals surface area contributed by atoms with E-state index in [1.807, 2.05) is 13.8 Å². The van der Waals surface area contributed by atoms with Gasteiger partial charge in [-0.2, -0.15) is 5.10 Å². The summed E-state index contributed by atoms with van der Waals surface area (Å²) in [5.74, 6) is 0. The molecule has 0 amide bonds. The molecule has 0 spiro atoms. The van der Waals surface area contributed by atoms with Crippen LogP contribution in [0.1, 0.15) is 30.8 Å². The second kappa shape index (κ2) is 4.42. The van der Waals surface area contributed by atoms with Gasteiger partial charge in [-0.25, -0.2) is 0 Å². The Bertz CT molecular complexity index is 265. The van der Waals surface area contributed by atoms with E-state index in [1.54, 1.807) is 0 Å². The van der Waals surface area contributed by atoms with E-state index >= 15 is 0 Å². The first-order chi connectivity index (χ1) is 6.27. The number of aromatic nitrogens is 2. The minimum Gasteiger partial charge on any atom is -0.300 e. The summed E-state index contributed by atoms with van der Waals surface area (Å²) in [5, 5.41) is 7.26. The molecule has 13 heavy (non-hydrogen) atoms. The summed E-state index contributed by atoms with van der Waals surface area (Å²) in [5.41, 5.74) is 3.91. The third kappa shape index (κ3) is 2.10. The van der Waals surface area contributed by atoms with Gasteiger partial charge < -0.3 is 4.90 Å². The highest BCUT2D eigenvalue weighted by atomic mass is 15.2. The van der Waals surface area contributed by atoms with Crippen molar-refractivity contribution in [1.29, 1.82) is 0 Å². The number of likely N-dealkylation sites (N-methyl/N-ethyl adjacent to an activating group) is 1. The van der Waals surface area contributed by atoms with Crippen molar-refractivity contribution in [2.45, 2.75) is 33.7 Å². The number of hydrogen-bond donors (Lipinski definition) is 1. The van der Waals surface area contributed by atoms with Gasteiger partial charge >= 0.3 is 0 Å². The Hall–Kier alpha value is -0.830. The number of hydrogen-bond acceptors (Lipinski definition) is 2. The molecule has 0 saturated carbocycles. The van der Waals surface area contributed by atoms with E-state index in [0.29, 0.717) is 0 Å². The predicted molar refractivity (Wildman–Crippen MR) is 54.7 cm³/mol. The zero-order valence-corrected chi connectivity index (χ0v) is 9.02. The summed E-state index contributed by atoms with van der Waals surface area (Å²) in [6.45, 7) is 8.25. The maximum Gasteiger partial charge on any atom is 0.0797 e. The topological polar surface area (TPSA) is 31.9 Å². The average molecular weight is 181 g/mol. The fourth-order valence-corrected chi connectivity index (χ4v) is 1.60. The summed E-state index contributed by atoms with van der Waals surface area (Å²) in [4.78, 5) is 2.29. The van der Waals surface area contributed by atoms with E-state index in [2.05, 4.69) is 29.1 Å². The molecule has 74 valence electrons. The molecule has 2 heterocycles. The van der Waals surface area contributed by atoms with Crippen LogP contribution in [0.5, 0.6) is 0 Å². The fourth-order valence-electron chi connectivity index (χ4n) is 1.60. The molecule has 1 aromatic rings. The molecule has 0 radical (unpaired) electrons. The molecule has 0 aromatic carbocycles. The summed E-state index contributed by atoms with van der Waals surface area (Å²) < 4.78 is 0. The van der Waals surface area contributed by atoms with Crippen molar-refractivity contribution in [3.05, 3.63) is 17.0 Å². The van der Waals surface area contributed by atoms with E-state index in [-0.39, 0.29) is 0 Å². The third-order valence-electron chi connectivity index (χ3n) is 2.32. The molecule has 0 fully saturated rings. The maximum atomic E-state index is 4.24. The van der Waals surface area contributed by atoms with Crippen molar-refractivity contribution in [2.24, 2.45) is 0 Å². The molecule has 0 atom stereocenters. The second-order valence-electron chi connectivity index (χ2n) is 3.26. The van der Waals surface area contributed by atoms with Crippen LogP contribution in [0.2, 0.25) is 0 Å². The van der Waals surface area contributed by atoms with Crippen LogP contribution in [0.25, 0.3) is 0 Å². The average Bonchev–Trinajstić information content (AvgIpc) is 2.51. The van der Waals surface area contributed by atoms with Gasteiger partial charge in [-0.15, -0.1) is 0 Å². The van der Waals surface area contributed by atoms with Gasteiger partial charge in [0, 0.05) is 18.8 Å². The van der Waals surface area contributed by atoms with Crippen LogP contribution in [0, 0.1) is 6.92 Å². The van der Waals surface area contributed by atoms with Crippen molar-refractivity contribution in [1.82, 2.24) is 15.1 Å². The minimum absolute atomic E-state index is 1.000. The number of aromatic amines is 1. The molecule has 0 aliphatic carbocycles. The van der Waals surface area contributed by atoms with Gasteiger partial charge in [-0.05, 0) is 26.0 Å². The lowest BCUT2D eigenvalue weighted by atomic mass is 10.1. The van der Waals surface area contributed by atoms with Crippen molar-refractivity contribution in [3.8, 4) is 0 Å². The van der Waals surface area contributed by atoms with E-state index in [4.69, 9.17) is 0 Å². The molecule has 3 heteroatoms. The van der Waals surface area contributed by atoms with Crippen molar-refractivity contribution < 1.29 is 0 Å². The minimum atomic E-state index is 1.000. The van der Waals surface area contributed by atoms with Gasteiger partial charge in [-0.3, -0.25) is 5.10 Å². The molecule has 0 saturated heterocycles. The van der Waals surface area contributed by atoms with E-state index < -0.39 is 0 Å². The number of fused-ring (bicyclic) bond motifs is 1. The first-order valence-electron chi connectivity index (χ1n) is 4.98. The van der Waals surface area contributed by atoms with Crippen molar-refractivity contribution >= 4 is 0 Å². The number of aryl methyl sites for hydroxylation is 1. The monoisotopic (exact) mass is 181 g/mol. The molecule has 1 aliphatic heterocycles. The first-order valence-corrected chi connectivity index (χ1v) is 4.98. The van der Waals surface area contributed by atoms with Crippen molar-refractivity contribution in [2.75, 3.05) is 13.6 Å². The zero-order chi connectivity index (χ0) is 9.84. The van der Waals surface area contributed by atoms with Gasteiger partial charge in [0.25, 0.3) is 0 Å². The lowest BCUT2D eigenvalue weighted by molar-refractivity contribution is 0.309. The summed E-state index contributed by atoms with van der Waals surface area (Å²) in [6, 6.07) is 0. The van der Waals surface area contributed by atoms with Crippen molar-refractivity contribution in [3.63, 3.8) is 0 Å². The number of H-pyrrole nitrogens is 1. The Morgan fingerprint density at radius 3 is 2.77 bits per heavy atom. The Morgan fingerprint density at radius 1 is 1.38 bits per heavy atom. The highest BCUT2D eigenvalue weighted by Crippen LogP contribution is 2.17. The molecular formula is C10H19N3. The smallest absolute Gasteiger partial charge is 0.0797 e. The SMILES string of the molecule is CC.Cc1[nH]nc2c1CCN(C)C2. The molecule has 1 aliphatic rings. The maximum absolute atomic E-state index is 4.24. The largest absolute Gasteiger partial charge is 0.300 e. The lowest BCUT2D eigenvalue weighted by Crippen LogP contribution is -2.26. The van der Waals surface area contributed by atoms with Gasteiger partial charge in [0.05, 0.1) is 5.69 Å². The Kier molecular flexibility index (Phi) is 3.48. The summed E-state index contributed by atoms with van der Waals surface area (Å²) in [7, 11) is 2.13. The number of rotatable bonds is 0. The molecule has 0 bridgehead atoms. The Morgan fingerprint density at radius 2 is 2.08 bits per heavy atom. The van der Waals surface area contributed by atoms with E-state index in [9.17, 15) is 0 Å². The van der Waals surface area contributed by atoms with Crippen LogP contribution in [0.3, 0.4) is 0 Å². The quantitative estimate of drug-likeness (QED) is 0.661. The normalized spacial score (nSPS) is 16.0. The van der Waals surface area contributed by atoms with Crippen LogP contribution in [-0.4, -0.2) is 28.7 Å². The fraction of sp³-hybridized carbons (Fsp3) is 0.700. The first kappa shape index (κ1) is 10.3. The van der Waals surface area contributed by atoms with E-state index in [1.165, 1.54) is 17.0 Å². The van der Waals surface area contributed by atoms with Gasteiger partial charge in [0.1, 0.15) is 0 Å². The molecule has 3 nitrogen and oxygen atoms in total. The van der Waals surface area contributed by atoms with Gasteiger partial charge in [0.2, 0.25) is 0 Å². The number of nitrogens with zero attached hydrogens (tertiary/aromatic N) is 2. The molecular weight excluding hydrogens is 162 g/mol. The Labute approximate surface area is 80.1 Å².